The fourth-order valence-electron chi connectivity index (χ4n) is 5.61. The Bertz CT molecular complexity index is 1370. The summed E-state index contributed by atoms with van der Waals surface area (Å²) in [6.07, 6.45) is 6.19. The summed E-state index contributed by atoms with van der Waals surface area (Å²) in [5.41, 5.74) is 9.05. The van der Waals surface area contributed by atoms with Crippen molar-refractivity contribution < 1.29 is 18.7 Å². The lowest BCUT2D eigenvalue weighted by molar-refractivity contribution is -0.121. The van der Waals surface area contributed by atoms with Crippen molar-refractivity contribution in [1.82, 2.24) is 24.6 Å². The van der Waals surface area contributed by atoms with Crippen LogP contribution < -0.4 is 10.6 Å². The van der Waals surface area contributed by atoms with Crippen molar-refractivity contribution in [3.63, 3.8) is 0 Å². The maximum Gasteiger partial charge on any atom is 0.222 e. The molecular weight excluding hydrogens is 540 g/mol. The summed E-state index contributed by atoms with van der Waals surface area (Å²) in [5, 5.41) is 14.7. The molecule has 2 fully saturated rings. The predicted molar refractivity (Wildman–Crippen MR) is 152 cm³/mol. The normalized spacial score (nSPS) is 21.6. The van der Waals surface area contributed by atoms with Gasteiger partial charge in [-0.05, 0) is 38.8 Å². The fraction of sp³-hybridized carbons (Fsp3) is 0.429. The van der Waals surface area contributed by atoms with Crippen LogP contribution in [0.2, 0.25) is 0 Å². The second-order valence-corrected chi connectivity index (χ2v) is 10.4. The fourth-order valence-corrected chi connectivity index (χ4v) is 5.61. The van der Waals surface area contributed by atoms with E-state index in [1.807, 2.05) is 17.9 Å². The van der Waals surface area contributed by atoms with Gasteiger partial charge in [0.05, 0.1) is 23.7 Å². The van der Waals surface area contributed by atoms with E-state index in [0.717, 1.165) is 37.0 Å². The van der Waals surface area contributed by atoms with E-state index in [1.165, 1.54) is 12.1 Å². The number of carbonyl (C=O) groups excluding carboxylic acids is 1. The SMILES string of the molecule is CC(=O)[C@@H]1C[C@@H](O)CC1c1cc(-n2ncc(/C=C/CN3CCN(c4cc(F)cc(F)c4)CC3)c2C)nc(N)n1.Cl. The molecule has 3 aromatic rings. The van der Waals surface area contributed by atoms with Crippen LogP contribution in [0.3, 0.4) is 0 Å². The molecule has 1 saturated carbocycles. The van der Waals surface area contributed by atoms with E-state index in [1.54, 1.807) is 23.9 Å². The zero-order valence-corrected chi connectivity index (χ0v) is 23.3. The minimum atomic E-state index is -0.565. The first-order valence-corrected chi connectivity index (χ1v) is 13.2. The molecule has 0 spiro atoms. The van der Waals surface area contributed by atoms with Crippen molar-refractivity contribution in [1.29, 1.82) is 0 Å². The van der Waals surface area contributed by atoms with Crippen molar-refractivity contribution >= 4 is 35.9 Å². The summed E-state index contributed by atoms with van der Waals surface area (Å²) in [6, 6.07) is 5.42. The van der Waals surface area contributed by atoms with Crippen LogP contribution >= 0.6 is 12.4 Å². The molecule has 0 radical (unpaired) electrons. The number of nitrogens with zero attached hydrogens (tertiary/aromatic N) is 6. The minimum absolute atomic E-state index is 0. The van der Waals surface area contributed by atoms with Gasteiger partial charge in [-0.25, -0.2) is 18.4 Å². The number of piperazine rings is 1. The lowest BCUT2D eigenvalue weighted by Crippen LogP contribution is -2.46. The average Bonchev–Trinajstić information content (AvgIpc) is 3.46. The molecule has 3 atom stereocenters. The van der Waals surface area contributed by atoms with Gasteiger partial charge < -0.3 is 15.7 Å². The quantitative estimate of drug-likeness (QED) is 0.441. The zero-order valence-electron chi connectivity index (χ0n) is 22.5. The van der Waals surface area contributed by atoms with Gasteiger partial charge in [0.1, 0.15) is 17.4 Å². The van der Waals surface area contributed by atoms with Gasteiger partial charge in [-0.3, -0.25) is 9.69 Å². The first-order valence-electron chi connectivity index (χ1n) is 13.2. The summed E-state index contributed by atoms with van der Waals surface area (Å²) >= 11 is 0. The Balaban J connectivity index is 0.00000370. The second-order valence-electron chi connectivity index (χ2n) is 10.4. The molecule has 2 aliphatic rings. The Morgan fingerprint density at radius 3 is 2.48 bits per heavy atom. The molecule has 40 heavy (non-hydrogen) atoms. The number of aliphatic hydroxyl groups is 1. The van der Waals surface area contributed by atoms with E-state index in [2.05, 4.69) is 26.0 Å². The predicted octanol–water partition coefficient (Wildman–Crippen LogP) is 3.53. The number of benzene rings is 1. The number of carbonyl (C=O) groups is 1. The van der Waals surface area contributed by atoms with Gasteiger partial charge in [-0.15, -0.1) is 12.4 Å². The molecule has 0 amide bonds. The molecule has 1 unspecified atom stereocenters. The maximum absolute atomic E-state index is 13.6. The molecule has 1 saturated heterocycles. The molecule has 1 aliphatic heterocycles. The number of nitrogens with two attached hydrogens (primary N) is 1. The zero-order chi connectivity index (χ0) is 27.7. The highest BCUT2D eigenvalue weighted by Crippen LogP contribution is 2.40. The van der Waals surface area contributed by atoms with Crippen LogP contribution in [0.1, 0.15) is 42.6 Å². The Kier molecular flexibility index (Phi) is 9.17. The van der Waals surface area contributed by atoms with Crippen LogP contribution in [0.4, 0.5) is 20.4 Å². The van der Waals surface area contributed by atoms with E-state index in [-0.39, 0.29) is 36.0 Å². The molecule has 9 nitrogen and oxygen atoms in total. The molecule has 12 heteroatoms. The standard InChI is InChI=1S/C28H33F2N7O2.ClH/c1-17-19(4-3-5-35-6-8-36(9-7-35)22-11-20(29)10-21(30)12-22)16-32-37(17)27-15-26(33-28(31)34-27)25-14-23(39)13-24(25)18(2)38;/h3-4,10-12,15-16,23-25,39H,5-9,13-14H2,1-2H3,(H2,31,33,34);1H/b4-3+;/t23-,24+,25?;/m1./s1. The van der Waals surface area contributed by atoms with Crippen LogP contribution in [-0.2, 0) is 4.79 Å². The topological polar surface area (TPSA) is 113 Å². The average molecular weight is 574 g/mol. The molecule has 5 rings (SSSR count). The van der Waals surface area contributed by atoms with Crippen LogP contribution in [0, 0.1) is 24.5 Å². The number of rotatable bonds is 7. The third-order valence-electron chi connectivity index (χ3n) is 7.70. The van der Waals surface area contributed by atoms with Gasteiger partial charge in [-0.1, -0.05) is 12.2 Å². The number of hydrogen-bond donors (Lipinski definition) is 2. The Hall–Kier alpha value is -3.41. The van der Waals surface area contributed by atoms with Gasteiger partial charge in [0.15, 0.2) is 5.82 Å². The maximum atomic E-state index is 13.6. The Labute approximate surface area is 238 Å². The minimum Gasteiger partial charge on any atom is -0.393 e. The molecular formula is C28H34ClF2N7O2. The monoisotopic (exact) mass is 573 g/mol. The van der Waals surface area contributed by atoms with E-state index >= 15 is 0 Å². The van der Waals surface area contributed by atoms with Gasteiger partial charge in [0.25, 0.3) is 0 Å². The molecule has 3 N–H and O–H groups in total. The highest BCUT2D eigenvalue weighted by Gasteiger charge is 2.38. The van der Waals surface area contributed by atoms with Gasteiger partial charge in [0.2, 0.25) is 5.95 Å². The number of hydrogen-bond acceptors (Lipinski definition) is 8. The number of aromatic nitrogens is 4. The summed E-state index contributed by atoms with van der Waals surface area (Å²) in [4.78, 5) is 25.2. The molecule has 214 valence electrons. The largest absolute Gasteiger partial charge is 0.393 e. The molecule has 0 bridgehead atoms. The van der Waals surface area contributed by atoms with Crippen LogP contribution in [0.25, 0.3) is 11.9 Å². The lowest BCUT2D eigenvalue weighted by Gasteiger charge is -2.35. The molecule has 3 heterocycles. The number of halogens is 3. The highest BCUT2D eigenvalue weighted by atomic mass is 35.5. The van der Waals surface area contributed by atoms with Gasteiger partial charge in [0, 0.05) is 67.9 Å². The van der Waals surface area contributed by atoms with Crippen LogP contribution in [0.15, 0.2) is 36.5 Å². The summed E-state index contributed by atoms with van der Waals surface area (Å²) in [5.74, 6) is -0.994. The number of anilines is 2. The second kappa shape index (κ2) is 12.4. The summed E-state index contributed by atoms with van der Waals surface area (Å²) in [6.45, 7) is 7.15. The molecule has 2 aromatic heterocycles. The van der Waals surface area contributed by atoms with Crippen LogP contribution in [-0.4, -0.2) is 74.4 Å². The van der Waals surface area contributed by atoms with E-state index in [4.69, 9.17) is 5.73 Å². The first-order chi connectivity index (χ1) is 18.7. The van der Waals surface area contributed by atoms with E-state index < -0.39 is 17.7 Å². The number of aliphatic hydroxyl groups excluding tert-OH is 1. The van der Waals surface area contributed by atoms with Crippen LogP contribution in [0.5, 0.6) is 0 Å². The van der Waals surface area contributed by atoms with Crippen molar-refractivity contribution in [3.8, 4) is 5.82 Å². The Morgan fingerprint density at radius 2 is 1.80 bits per heavy atom. The van der Waals surface area contributed by atoms with Gasteiger partial charge >= 0.3 is 0 Å². The third kappa shape index (κ3) is 6.48. The van der Waals surface area contributed by atoms with Crippen molar-refractivity contribution in [3.05, 3.63) is 65.1 Å². The molecule has 1 aromatic carbocycles. The van der Waals surface area contributed by atoms with Crippen molar-refractivity contribution in [2.24, 2.45) is 5.92 Å². The van der Waals surface area contributed by atoms with Crippen molar-refractivity contribution in [2.75, 3.05) is 43.4 Å². The third-order valence-corrected chi connectivity index (χ3v) is 7.70. The first kappa shape index (κ1) is 29.6. The number of Topliss-reactive ketones (excluding diaryl/α,β-unsaturated/α-hetero) is 1. The number of ketones is 1. The van der Waals surface area contributed by atoms with E-state index in [9.17, 15) is 18.7 Å². The number of nitrogen functional groups attached to an aromatic ring is 1. The summed E-state index contributed by atoms with van der Waals surface area (Å²) in [7, 11) is 0. The van der Waals surface area contributed by atoms with E-state index in [0.29, 0.717) is 43.1 Å². The smallest absolute Gasteiger partial charge is 0.222 e. The highest BCUT2D eigenvalue weighted by molar-refractivity contribution is 5.85. The van der Waals surface area contributed by atoms with Gasteiger partial charge in [-0.2, -0.15) is 10.1 Å². The summed E-state index contributed by atoms with van der Waals surface area (Å²) < 4.78 is 28.8. The Morgan fingerprint density at radius 1 is 1.10 bits per heavy atom. The lowest BCUT2D eigenvalue weighted by atomic mass is 9.90. The molecule has 1 aliphatic carbocycles. The van der Waals surface area contributed by atoms with Crippen molar-refractivity contribution in [2.45, 2.75) is 38.7 Å².